The molecule has 0 bridgehead atoms. The molecule has 0 saturated heterocycles. The van der Waals surface area contributed by atoms with Crippen LogP contribution in [0, 0.1) is 0 Å². The van der Waals surface area contributed by atoms with Crippen LogP contribution in [0.2, 0.25) is 0 Å². The van der Waals surface area contributed by atoms with Gasteiger partial charge in [0.15, 0.2) is 11.3 Å². The molecule has 2 saturated carbocycles. The summed E-state index contributed by atoms with van der Waals surface area (Å²) in [6.45, 7) is 2.19. The normalized spacial score (nSPS) is 19.5. The average molecular weight is 410 g/mol. The highest BCUT2D eigenvalue weighted by Gasteiger charge is 2.24. The van der Waals surface area contributed by atoms with Gasteiger partial charge in [-0.2, -0.15) is 0 Å². The summed E-state index contributed by atoms with van der Waals surface area (Å²) < 4.78 is 20.8. The Morgan fingerprint density at radius 1 is 0.615 bits per heavy atom. The second-order valence-corrected chi connectivity index (χ2v) is 9.88. The Bertz CT molecular complexity index is 327. The van der Waals surface area contributed by atoms with Crippen LogP contribution in [0.4, 0.5) is 0 Å². The predicted molar refractivity (Wildman–Crippen MR) is 103 cm³/mol. The van der Waals surface area contributed by atoms with E-state index >= 15 is 0 Å². The van der Waals surface area contributed by atoms with Gasteiger partial charge in [0.2, 0.25) is 0 Å². The maximum atomic E-state index is 10.4. The molecule has 2 aliphatic carbocycles. The molecule has 0 aliphatic heterocycles. The van der Waals surface area contributed by atoms with Crippen LogP contribution in [0.25, 0.3) is 0 Å². The molecule has 0 heterocycles. The molecule has 2 unspecified atom stereocenters. The molecule has 154 valence electrons. The molecule has 6 N–H and O–H groups in total. The van der Waals surface area contributed by atoms with Crippen molar-refractivity contribution in [3.8, 4) is 0 Å². The van der Waals surface area contributed by atoms with E-state index in [0.29, 0.717) is 0 Å². The zero-order chi connectivity index (χ0) is 19.6. The zero-order valence-electron chi connectivity index (χ0n) is 16.4. The van der Waals surface area contributed by atoms with E-state index in [-0.39, 0.29) is 11.3 Å². The first-order valence-electron chi connectivity index (χ1n) is 10.4. The van der Waals surface area contributed by atoms with Crippen LogP contribution >= 0.6 is 16.1 Å². The smallest absolute Gasteiger partial charge is 0.311 e. The van der Waals surface area contributed by atoms with Crippen LogP contribution in [0.3, 0.4) is 0 Å². The minimum Gasteiger partial charge on any atom is -0.595 e. The van der Waals surface area contributed by atoms with E-state index in [0.717, 1.165) is 64.5 Å². The van der Waals surface area contributed by atoms with Crippen molar-refractivity contribution in [2.45, 2.75) is 101 Å². The molecule has 2 fully saturated rings. The summed E-state index contributed by atoms with van der Waals surface area (Å²) in [7, 11) is -4.24. The molecule has 6 nitrogen and oxygen atoms in total. The first-order valence-corrected chi connectivity index (χ1v) is 12.9. The maximum absolute atomic E-state index is 10.4. The third kappa shape index (κ3) is 15.1. The number of hydrogen-bond acceptors (Lipinski definition) is 4. The monoisotopic (exact) mass is 410 g/mol. The van der Waals surface area contributed by atoms with E-state index in [1.165, 1.54) is 38.5 Å². The Hall–Kier alpha value is 0.0400. The third-order valence-corrected chi connectivity index (χ3v) is 7.22. The fourth-order valence-electron chi connectivity index (χ4n) is 3.29. The molecule has 2 aliphatic rings. The lowest BCUT2D eigenvalue weighted by atomic mass is 10.0. The summed E-state index contributed by atoms with van der Waals surface area (Å²) in [5.74, 6) is 0. The van der Waals surface area contributed by atoms with Crippen molar-refractivity contribution in [1.82, 2.24) is 0 Å². The van der Waals surface area contributed by atoms with Crippen LogP contribution < -0.4 is 21.3 Å². The van der Waals surface area contributed by atoms with Gasteiger partial charge in [0.05, 0.1) is 13.1 Å². The zero-order valence-corrected chi connectivity index (χ0v) is 18.2. The van der Waals surface area contributed by atoms with Gasteiger partial charge in [-0.15, -0.1) is 0 Å². The highest BCUT2D eigenvalue weighted by Crippen LogP contribution is 2.32. The lowest BCUT2D eigenvalue weighted by molar-refractivity contribution is -0.371. The fourth-order valence-corrected chi connectivity index (χ4v) is 4.86. The first-order chi connectivity index (χ1) is 12.5. The second kappa shape index (κ2) is 18.4. The van der Waals surface area contributed by atoms with Crippen LogP contribution in [-0.2, 0) is 9.13 Å². The molecule has 0 spiro atoms. The van der Waals surface area contributed by atoms with Crippen molar-refractivity contribution in [3.63, 3.8) is 0 Å². The van der Waals surface area contributed by atoms with Crippen LogP contribution in [0.5, 0.6) is 0 Å². The Labute approximate surface area is 161 Å². The van der Waals surface area contributed by atoms with Crippen LogP contribution in [0.15, 0.2) is 0 Å². The van der Waals surface area contributed by atoms with E-state index in [1.54, 1.807) is 0 Å². The van der Waals surface area contributed by atoms with Crippen molar-refractivity contribution < 1.29 is 30.4 Å². The average Bonchev–Trinajstić information content (AvgIpc) is 2.68. The fraction of sp³-hybridized carbons (Fsp3) is 1.00. The summed E-state index contributed by atoms with van der Waals surface area (Å²) in [6, 6.07) is 0. The van der Waals surface area contributed by atoms with E-state index in [4.69, 9.17) is 0 Å². The molecule has 0 aromatic carbocycles. The van der Waals surface area contributed by atoms with Gasteiger partial charge in [0, 0.05) is 0 Å². The number of hydrogen-bond donors (Lipinski definition) is 2. The summed E-state index contributed by atoms with van der Waals surface area (Å²) in [5, 5.41) is 0. The minimum atomic E-state index is -2.12. The minimum absolute atomic E-state index is 0.00810. The second-order valence-electron chi connectivity index (χ2n) is 7.28. The van der Waals surface area contributed by atoms with Gasteiger partial charge in [-0.05, 0) is 77.0 Å². The molecule has 0 amide bonds. The summed E-state index contributed by atoms with van der Waals surface area (Å²) in [5.41, 5.74) is 7.55. The van der Waals surface area contributed by atoms with Gasteiger partial charge >= 0.3 is 16.1 Å². The number of rotatable bonds is 7. The highest BCUT2D eigenvalue weighted by molar-refractivity contribution is 7.37. The first kappa shape index (κ1) is 26.0. The largest absolute Gasteiger partial charge is 0.595 e. The maximum Gasteiger partial charge on any atom is 0.311 e. The van der Waals surface area contributed by atoms with Gasteiger partial charge in [0.25, 0.3) is 0 Å². The summed E-state index contributed by atoms with van der Waals surface area (Å²) in [6.07, 6.45) is 15.7. The van der Waals surface area contributed by atoms with Gasteiger partial charge < -0.3 is 21.3 Å². The SMILES string of the molecule is O=[P+]([O-])C1CCCCC1.O=[P+]([O-])C1CCCCC1.[NH3+]CCCCCC[NH3+]. The van der Waals surface area contributed by atoms with E-state index in [2.05, 4.69) is 11.5 Å². The molecular formula is C18H40N2O4P2+2. The highest BCUT2D eigenvalue weighted by atomic mass is 31.1. The van der Waals surface area contributed by atoms with Gasteiger partial charge in [-0.3, -0.25) is 0 Å². The Kier molecular flexibility index (Phi) is 18.4. The van der Waals surface area contributed by atoms with Gasteiger partial charge in [-0.1, -0.05) is 22.0 Å². The third-order valence-electron chi connectivity index (χ3n) is 5.00. The molecule has 2 atom stereocenters. The van der Waals surface area contributed by atoms with Crippen molar-refractivity contribution in [2.75, 3.05) is 13.1 Å². The summed E-state index contributed by atoms with van der Waals surface area (Å²) >= 11 is 0. The number of quaternary nitrogens is 2. The van der Waals surface area contributed by atoms with Gasteiger partial charge in [-0.25, -0.2) is 0 Å². The van der Waals surface area contributed by atoms with Crippen LogP contribution in [0.1, 0.15) is 89.9 Å². The predicted octanol–water partition coefficient (Wildman–Crippen LogP) is 1.87. The quantitative estimate of drug-likeness (QED) is 0.489. The topological polar surface area (TPSA) is 136 Å². The molecule has 0 aromatic heterocycles. The molecule has 0 radical (unpaired) electrons. The van der Waals surface area contributed by atoms with E-state index in [1.807, 2.05) is 0 Å². The van der Waals surface area contributed by atoms with Gasteiger partial charge in [0.1, 0.15) is 0 Å². The Morgan fingerprint density at radius 3 is 1.12 bits per heavy atom. The number of unbranched alkanes of at least 4 members (excludes halogenated alkanes) is 3. The van der Waals surface area contributed by atoms with E-state index in [9.17, 15) is 18.9 Å². The Morgan fingerprint density at radius 2 is 0.923 bits per heavy atom. The Balaban J connectivity index is 0.000000362. The molecule has 0 aromatic rings. The lowest BCUT2D eigenvalue weighted by Crippen LogP contribution is -2.50. The van der Waals surface area contributed by atoms with Crippen molar-refractivity contribution in [2.24, 2.45) is 0 Å². The summed E-state index contributed by atoms with van der Waals surface area (Å²) in [4.78, 5) is 20.8. The standard InChI is InChI=1S/C6H16N2.2C6H11O2P/c7-5-3-1-2-4-6-8;2*7-9(8)6-4-2-1-3-5-6/h1-8H2;2*6H,1-5H2/p+2. The van der Waals surface area contributed by atoms with E-state index < -0.39 is 16.1 Å². The molecule has 8 heteroatoms. The van der Waals surface area contributed by atoms with Crippen molar-refractivity contribution in [1.29, 1.82) is 0 Å². The van der Waals surface area contributed by atoms with Crippen LogP contribution in [-0.4, -0.2) is 24.4 Å². The lowest BCUT2D eigenvalue weighted by Gasteiger charge is -2.13. The molecular weight excluding hydrogens is 370 g/mol. The molecule has 26 heavy (non-hydrogen) atoms. The van der Waals surface area contributed by atoms with Crippen molar-refractivity contribution in [3.05, 3.63) is 0 Å². The molecule has 2 rings (SSSR count). The van der Waals surface area contributed by atoms with Crippen molar-refractivity contribution >= 4 is 16.1 Å².